The zero-order chi connectivity index (χ0) is 31.3. The lowest BCUT2D eigenvalue weighted by Crippen LogP contribution is -2.40. The molecule has 1 aromatic heterocycles. The van der Waals surface area contributed by atoms with E-state index in [4.69, 9.17) is 4.74 Å². The number of halogens is 2. The third kappa shape index (κ3) is 9.90. The number of rotatable bonds is 13. The normalized spacial score (nSPS) is 15.8. The molecular weight excluding hydrogens is 520 g/mol. The molecule has 1 aromatic carbocycles. The van der Waals surface area contributed by atoms with Gasteiger partial charge in [0, 0.05) is 18.5 Å². The predicted molar refractivity (Wildman–Crippen MR) is 168 cm³/mol. The van der Waals surface area contributed by atoms with Crippen LogP contribution in [0, 0.1) is 6.92 Å². The van der Waals surface area contributed by atoms with Gasteiger partial charge in [0.1, 0.15) is 11.4 Å². The number of hydrogen-bond donors (Lipinski definition) is 0. The summed E-state index contributed by atoms with van der Waals surface area (Å²) in [5.41, 5.74) is 4.04. The molecule has 5 nitrogen and oxygen atoms in total. The first kappa shape index (κ1) is 36.7. The summed E-state index contributed by atoms with van der Waals surface area (Å²) in [5, 5.41) is 4.16. The van der Waals surface area contributed by atoms with Crippen LogP contribution in [0.2, 0.25) is 0 Å². The third-order valence-corrected chi connectivity index (χ3v) is 7.85. The van der Waals surface area contributed by atoms with Gasteiger partial charge in [0.25, 0.3) is 5.92 Å². The minimum atomic E-state index is -2.95. The van der Waals surface area contributed by atoms with Gasteiger partial charge in [-0.05, 0) is 88.1 Å². The van der Waals surface area contributed by atoms with Gasteiger partial charge in [-0.2, -0.15) is 13.9 Å². The first-order valence-corrected chi connectivity index (χ1v) is 15.8. The molecule has 0 fully saturated rings. The van der Waals surface area contributed by atoms with E-state index in [0.29, 0.717) is 17.5 Å². The highest BCUT2D eigenvalue weighted by molar-refractivity contribution is 5.75. The zero-order valence-corrected chi connectivity index (χ0v) is 27.7. The lowest BCUT2D eigenvalue weighted by molar-refractivity contribution is -0.117. The number of ether oxygens (including phenoxy) is 1. The molecule has 0 amide bonds. The minimum absolute atomic E-state index is 0.0709. The second kappa shape index (κ2) is 17.6. The molecule has 7 heteroatoms. The summed E-state index contributed by atoms with van der Waals surface area (Å²) in [6, 6.07) is 7.10. The Morgan fingerprint density at radius 1 is 1.17 bits per heavy atom. The van der Waals surface area contributed by atoms with Crippen molar-refractivity contribution < 1.29 is 18.3 Å². The summed E-state index contributed by atoms with van der Waals surface area (Å²) in [7, 11) is 1.76. The average Bonchev–Trinajstić information content (AvgIpc) is 3.46. The topological polar surface area (TPSA) is 47.4 Å². The molecule has 1 aliphatic carbocycles. The number of benzene rings is 1. The summed E-state index contributed by atoms with van der Waals surface area (Å²) >= 11 is 0. The molecule has 3 atom stereocenters. The van der Waals surface area contributed by atoms with Gasteiger partial charge in [0.15, 0.2) is 5.78 Å². The van der Waals surface area contributed by atoms with Crippen molar-refractivity contribution in [1.29, 1.82) is 0 Å². The predicted octanol–water partition coefficient (Wildman–Crippen LogP) is 9.06. The second-order valence-corrected chi connectivity index (χ2v) is 11.3. The molecule has 3 rings (SSSR count). The largest absolute Gasteiger partial charge is 0.496 e. The Morgan fingerprint density at radius 2 is 1.78 bits per heavy atom. The van der Waals surface area contributed by atoms with E-state index in [0.717, 1.165) is 31.2 Å². The lowest BCUT2D eigenvalue weighted by atomic mass is 9.86. The van der Waals surface area contributed by atoms with E-state index in [1.165, 1.54) is 61.5 Å². The van der Waals surface area contributed by atoms with E-state index in [1.54, 1.807) is 7.11 Å². The quantitative estimate of drug-likeness (QED) is 0.238. The standard InChI is InChI=1S/C20H35NO.C12H16F2N2O.C2H6/c1-7-11-19(21(14-8-2)15-9-3)16(4)18-12-10-13-20(22-6)17(18)5;1-7-4-5-9-10(7)11(12(3,13)14)16(15-9)6-8(2)17;1-2/h10,12-13,16,19H,7-9,11,14-15H2,1-6H3;7H,4-6H2,1-3H3;1-2H3/t16?,19-;7-;/m10./s1. The molecular formula is C34H57F2N3O2. The molecule has 1 heterocycles. The monoisotopic (exact) mass is 577 g/mol. The van der Waals surface area contributed by atoms with Crippen molar-refractivity contribution in [3.8, 4) is 5.75 Å². The van der Waals surface area contributed by atoms with Crippen molar-refractivity contribution in [2.24, 2.45) is 0 Å². The molecule has 0 spiro atoms. The van der Waals surface area contributed by atoms with E-state index in [2.05, 4.69) is 62.8 Å². The molecule has 41 heavy (non-hydrogen) atoms. The van der Waals surface area contributed by atoms with Crippen molar-refractivity contribution in [3.05, 3.63) is 46.3 Å². The number of Topliss-reactive ketones (excluding diaryl/α,β-unsaturated/α-hetero) is 1. The number of ketones is 1. The van der Waals surface area contributed by atoms with Crippen LogP contribution in [0.1, 0.15) is 134 Å². The van der Waals surface area contributed by atoms with Gasteiger partial charge < -0.3 is 4.74 Å². The molecule has 0 saturated carbocycles. The number of aryl methyl sites for hydroxylation is 1. The van der Waals surface area contributed by atoms with Crippen molar-refractivity contribution >= 4 is 5.78 Å². The highest BCUT2D eigenvalue weighted by Gasteiger charge is 2.39. The van der Waals surface area contributed by atoms with Gasteiger partial charge >= 0.3 is 0 Å². The first-order chi connectivity index (χ1) is 19.4. The number of hydrogen-bond acceptors (Lipinski definition) is 4. The van der Waals surface area contributed by atoms with E-state index < -0.39 is 5.92 Å². The lowest BCUT2D eigenvalue weighted by Gasteiger charge is -2.36. The fourth-order valence-electron chi connectivity index (χ4n) is 6.13. The third-order valence-electron chi connectivity index (χ3n) is 7.85. The van der Waals surface area contributed by atoms with Crippen LogP contribution in [0.25, 0.3) is 0 Å². The Balaban J connectivity index is 0.000000396. The number of fused-ring (bicyclic) bond motifs is 1. The van der Waals surface area contributed by atoms with Crippen LogP contribution >= 0.6 is 0 Å². The van der Waals surface area contributed by atoms with Crippen LogP contribution in [-0.4, -0.2) is 46.7 Å². The van der Waals surface area contributed by atoms with Crippen LogP contribution in [0.5, 0.6) is 5.75 Å². The van der Waals surface area contributed by atoms with Crippen LogP contribution in [0.4, 0.5) is 8.78 Å². The molecule has 0 saturated heterocycles. The smallest absolute Gasteiger partial charge is 0.286 e. The number of alkyl halides is 2. The first-order valence-electron chi connectivity index (χ1n) is 15.8. The van der Waals surface area contributed by atoms with Gasteiger partial charge in [-0.15, -0.1) is 0 Å². The molecule has 1 aliphatic rings. The van der Waals surface area contributed by atoms with Gasteiger partial charge in [0.05, 0.1) is 19.3 Å². The van der Waals surface area contributed by atoms with Crippen molar-refractivity contribution in [2.75, 3.05) is 20.2 Å². The van der Waals surface area contributed by atoms with Crippen LogP contribution < -0.4 is 4.74 Å². The average molecular weight is 578 g/mol. The highest BCUT2D eigenvalue weighted by atomic mass is 19.3. The van der Waals surface area contributed by atoms with Gasteiger partial charge in [-0.3, -0.25) is 14.4 Å². The Hall–Kier alpha value is -2.28. The Morgan fingerprint density at radius 3 is 2.27 bits per heavy atom. The maximum Gasteiger partial charge on any atom is 0.286 e. The van der Waals surface area contributed by atoms with Crippen LogP contribution in [0.3, 0.4) is 0 Å². The maximum atomic E-state index is 13.7. The second-order valence-electron chi connectivity index (χ2n) is 11.3. The fourth-order valence-corrected chi connectivity index (χ4v) is 6.13. The van der Waals surface area contributed by atoms with Crippen LogP contribution in [-0.2, 0) is 23.7 Å². The number of carbonyl (C=O) groups excluding carboxylic acids is 1. The summed E-state index contributed by atoms with van der Waals surface area (Å²) < 4.78 is 34.0. The summed E-state index contributed by atoms with van der Waals surface area (Å²) in [5.74, 6) is -1.46. The SMILES string of the molecule is CC.CC(=O)Cn1nc2c(c1C(C)(F)F)[C@@H](C)CC2.CCC[C@H](C(C)c1cccc(OC)c1C)N(CCC)CCC. The molecule has 234 valence electrons. The van der Waals surface area contributed by atoms with E-state index in [1.807, 2.05) is 20.8 Å². The van der Waals surface area contributed by atoms with Crippen molar-refractivity contribution in [1.82, 2.24) is 14.7 Å². The highest BCUT2D eigenvalue weighted by Crippen LogP contribution is 2.41. The van der Waals surface area contributed by atoms with Gasteiger partial charge in [-0.25, -0.2) is 0 Å². The summed E-state index contributed by atoms with van der Waals surface area (Å²) in [6.45, 7) is 22.0. The summed E-state index contributed by atoms with van der Waals surface area (Å²) in [4.78, 5) is 13.8. The molecule has 0 bridgehead atoms. The van der Waals surface area contributed by atoms with E-state index in [9.17, 15) is 13.6 Å². The molecule has 0 radical (unpaired) electrons. The number of aromatic nitrogens is 2. The summed E-state index contributed by atoms with van der Waals surface area (Å²) in [6.07, 6.45) is 6.54. The number of nitrogens with zero attached hydrogens (tertiary/aromatic N) is 3. The Labute approximate surface area is 249 Å². The zero-order valence-electron chi connectivity index (χ0n) is 27.7. The fraction of sp³-hybridized carbons (Fsp3) is 0.706. The van der Waals surface area contributed by atoms with E-state index in [-0.39, 0.29) is 23.9 Å². The Bertz CT molecular complexity index is 1050. The van der Waals surface area contributed by atoms with E-state index >= 15 is 0 Å². The Kier molecular flexibility index (Phi) is 15.8. The minimum Gasteiger partial charge on any atom is -0.496 e. The van der Waals surface area contributed by atoms with Gasteiger partial charge in [-0.1, -0.05) is 67.0 Å². The molecule has 0 N–H and O–H groups in total. The maximum absolute atomic E-state index is 13.7. The number of carbonyl (C=O) groups is 1. The van der Waals surface area contributed by atoms with Crippen molar-refractivity contribution in [3.63, 3.8) is 0 Å². The van der Waals surface area contributed by atoms with Crippen molar-refractivity contribution in [2.45, 2.75) is 138 Å². The molecule has 0 aliphatic heterocycles. The number of methoxy groups -OCH3 is 1. The molecule has 2 aromatic rings. The molecule has 1 unspecified atom stereocenters. The van der Waals surface area contributed by atoms with Crippen LogP contribution in [0.15, 0.2) is 18.2 Å². The van der Waals surface area contributed by atoms with Gasteiger partial charge in [0.2, 0.25) is 0 Å².